The monoisotopic (exact) mass is 127 g/mol. The largest absolute Gasteiger partial charge is 0.311 e. The van der Waals surface area contributed by atoms with Crippen LogP contribution in [0, 0.1) is 0 Å². The van der Waals surface area contributed by atoms with Gasteiger partial charge in [0.15, 0.2) is 0 Å². The number of piperazine rings is 1. The zero-order valence-corrected chi connectivity index (χ0v) is 5.51. The molecule has 0 spiro atoms. The average Bonchev–Trinajstić information content (AvgIpc) is 1.90. The first-order valence-electron chi connectivity index (χ1n) is 3.61. The highest BCUT2D eigenvalue weighted by Gasteiger charge is 2.31. The van der Waals surface area contributed by atoms with Crippen molar-refractivity contribution in [2.24, 2.45) is 5.84 Å². The molecule has 3 fully saturated rings. The molecule has 0 aromatic rings. The smallest absolute Gasteiger partial charge is 0.0367 e. The fraction of sp³-hybridized carbons (Fsp3) is 1.00. The van der Waals surface area contributed by atoms with Crippen LogP contribution in [-0.2, 0) is 0 Å². The third-order valence-corrected chi connectivity index (χ3v) is 2.39. The van der Waals surface area contributed by atoms with Gasteiger partial charge < -0.3 is 5.32 Å². The fourth-order valence-corrected chi connectivity index (χ4v) is 1.74. The van der Waals surface area contributed by atoms with Crippen molar-refractivity contribution in [3.05, 3.63) is 0 Å². The van der Waals surface area contributed by atoms with Gasteiger partial charge in [0, 0.05) is 25.2 Å². The first-order valence-corrected chi connectivity index (χ1v) is 3.61. The quantitative estimate of drug-likeness (QED) is 0.423. The predicted octanol–water partition coefficient (Wildman–Crippen LogP) is -0.704. The molecular formula is C6H13N3. The summed E-state index contributed by atoms with van der Waals surface area (Å²) in [5.41, 5.74) is 0. The van der Waals surface area contributed by atoms with Crippen molar-refractivity contribution in [2.75, 3.05) is 13.1 Å². The summed E-state index contributed by atoms with van der Waals surface area (Å²) in [7, 11) is 0. The van der Waals surface area contributed by atoms with Crippen molar-refractivity contribution < 1.29 is 0 Å². The average molecular weight is 127 g/mol. The summed E-state index contributed by atoms with van der Waals surface area (Å²) in [6, 6.07) is 1.30. The number of hydrazine groups is 1. The van der Waals surface area contributed by atoms with Gasteiger partial charge in [-0.05, 0) is 12.8 Å². The molecule has 0 radical (unpaired) electrons. The summed E-state index contributed by atoms with van der Waals surface area (Å²) < 4.78 is 0. The van der Waals surface area contributed by atoms with Gasteiger partial charge in [0.05, 0.1) is 0 Å². The van der Waals surface area contributed by atoms with Crippen LogP contribution in [0.3, 0.4) is 0 Å². The van der Waals surface area contributed by atoms with Gasteiger partial charge in [0.2, 0.25) is 0 Å². The Morgan fingerprint density at radius 3 is 2.56 bits per heavy atom. The van der Waals surface area contributed by atoms with Gasteiger partial charge in [-0.1, -0.05) is 0 Å². The standard InChI is InChI=1S/C6H13N3/c7-9-4-5-1-2-6(9)3-8-5/h5-6,8H,1-4,7H2. The second kappa shape index (κ2) is 1.94. The number of nitrogens with zero attached hydrogens (tertiary/aromatic N) is 1. The van der Waals surface area contributed by atoms with E-state index in [4.69, 9.17) is 5.84 Å². The van der Waals surface area contributed by atoms with Crippen LogP contribution in [0.25, 0.3) is 0 Å². The molecule has 0 aliphatic carbocycles. The number of fused-ring (bicyclic) bond motifs is 3. The van der Waals surface area contributed by atoms with Crippen LogP contribution < -0.4 is 11.2 Å². The van der Waals surface area contributed by atoms with E-state index < -0.39 is 0 Å². The van der Waals surface area contributed by atoms with Gasteiger partial charge in [-0.25, -0.2) is 5.01 Å². The second-order valence-electron chi connectivity index (χ2n) is 3.03. The van der Waals surface area contributed by atoms with E-state index in [-0.39, 0.29) is 0 Å². The molecule has 2 atom stereocenters. The maximum atomic E-state index is 5.71. The lowest BCUT2D eigenvalue weighted by Crippen LogP contribution is -2.63. The molecule has 0 amide bonds. The van der Waals surface area contributed by atoms with Crippen LogP contribution in [0.1, 0.15) is 12.8 Å². The minimum absolute atomic E-state index is 0.620. The zero-order valence-electron chi connectivity index (χ0n) is 5.51. The highest BCUT2D eigenvalue weighted by molar-refractivity contribution is 4.89. The highest BCUT2D eigenvalue weighted by atomic mass is 15.4. The Morgan fingerprint density at radius 1 is 1.44 bits per heavy atom. The summed E-state index contributed by atoms with van der Waals surface area (Å²) in [6.07, 6.45) is 2.60. The minimum Gasteiger partial charge on any atom is -0.311 e. The topological polar surface area (TPSA) is 41.3 Å². The molecule has 3 aliphatic heterocycles. The Kier molecular flexibility index (Phi) is 1.22. The zero-order chi connectivity index (χ0) is 6.27. The lowest BCUT2D eigenvalue weighted by atomic mass is 9.95. The predicted molar refractivity (Wildman–Crippen MR) is 35.7 cm³/mol. The number of piperidine rings is 2. The van der Waals surface area contributed by atoms with E-state index in [1.54, 1.807) is 0 Å². The molecular weight excluding hydrogens is 114 g/mol. The van der Waals surface area contributed by atoms with Crippen LogP contribution in [0.4, 0.5) is 0 Å². The van der Waals surface area contributed by atoms with E-state index in [9.17, 15) is 0 Å². The third kappa shape index (κ3) is 0.852. The molecule has 52 valence electrons. The second-order valence-corrected chi connectivity index (χ2v) is 3.03. The van der Waals surface area contributed by atoms with Crippen molar-refractivity contribution in [1.82, 2.24) is 10.3 Å². The van der Waals surface area contributed by atoms with Crippen LogP contribution in [-0.4, -0.2) is 30.2 Å². The van der Waals surface area contributed by atoms with Gasteiger partial charge in [-0.2, -0.15) is 0 Å². The Balaban J connectivity index is 2.06. The molecule has 3 saturated heterocycles. The van der Waals surface area contributed by atoms with Crippen molar-refractivity contribution in [2.45, 2.75) is 24.9 Å². The Bertz CT molecular complexity index is 107. The summed E-state index contributed by atoms with van der Waals surface area (Å²) in [4.78, 5) is 0. The van der Waals surface area contributed by atoms with Crippen LogP contribution >= 0.6 is 0 Å². The van der Waals surface area contributed by atoms with Crippen molar-refractivity contribution in [3.8, 4) is 0 Å². The lowest BCUT2D eigenvalue weighted by molar-refractivity contribution is 0.0758. The van der Waals surface area contributed by atoms with Gasteiger partial charge >= 0.3 is 0 Å². The van der Waals surface area contributed by atoms with Gasteiger partial charge in [0.1, 0.15) is 0 Å². The SMILES string of the molecule is NN1CC2CCC1CN2. The van der Waals surface area contributed by atoms with Crippen LogP contribution in [0.2, 0.25) is 0 Å². The molecule has 0 saturated carbocycles. The van der Waals surface area contributed by atoms with Gasteiger partial charge in [-0.3, -0.25) is 5.84 Å². The molecule has 3 rings (SSSR count). The fourth-order valence-electron chi connectivity index (χ4n) is 1.74. The molecule has 3 nitrogen and oxygen atoms in total. The maximum absolute atomic E-state index is 5.71. The third-order valence-electron chi connectivity index (χ3n) is 2.39. The molecule has 3 heterocycles. The highest BCUT2D eigenvalue weighted by Crippen LogP contribution is 2.18. The molecule has 3 heteroatoms. The Hall–Kier alpha value is -0.120. The Morgan fingerprint density at radius 2 is 2.33 bits per heavy atom. The minimum atomic E-state index is 0.620. The first kappa shape index (κ1) is 5.65. The number of hydrogen-bond acceptors (Lipinski definition) is 3. The molecule has 2 unspecified atom stereocenters. The van der Waals surface area contributed by atoms with Crippen molar-refractivity contribution >= 4 is 0 Å². The maximum Gasteiger partial charge on any atom is 0.0367 e. The number of nitrogens with two attached hydrogens (primary N) is 1. The molecule has 0 aromatic carbocycles. The van der Waals surface area contributed by atoms with Gasteiger partial charge in [-0.15, -0.1) is 0 Å². The van der Waals surface area contributed by atoms with Gasteiger partial charge in [0.25, 0.3) is 0 Å². The van der Waals surface area contributed by atoms with E-state index in [1.807, 2.05) is 5.01 Å². The summed E-state index contributed by atoms with van der Waals surface area (Å²) >= 11 is 0. The lowest BCUT2D eigenvalue weighted by Gasteiger charge is -2.43. The number of nitrogens with one attached hydrogen (secondary N) is 1. The summed E-state index contributed by atoms with van der Waals surface area (Å²) in [5, 5.41) is 5.40. The Labute approximate surface area is 55.2 Å². The van der Waals surface area contributed by atoms with E-state index in [0.717, 1.165) is 13.1 Å². The first-order chi connectivity index (χ1) is 4.36. The summed E-state index contributed by atoms with van der Waals surface area (Å²) in [5.74, 6) is 5.71. The molecule has 2 bridgehead atoms. The number of hydrogen-bond donors (Lipinski definition) is 2. The molecule has 3 N–H and O–H groups in total. The summed E-state index contributed by atoms with van der Waals surface area (Å²) in [6.45, 7) is 2.14. The van der Waals surface area contributed by atoms with E-state index in [1.165, 1.54) is 12.8 Å². The van der Waals surface area contributed by atoms with Crippen LogP contribution in [0.5, 0.6) is 0 Å². The normalized spacial score (nSPS) is 43.7. The van der Waals surface area contributed by atoms with E-state index in [0.29, 0.717) is 12.1 Å². The van der Waals surface area contributed by atoms with E-state index in [2.05, 4.69) is 5.32 Å². The molecule has 0 aromatic heterocycles. The van der Waals surface area contributed by atoms with Crippen LogP contribution in [0.15, 0.2) is 0 Å². The van der Waals surface area contributed by atoms with E-state index >= 15 is 0 Å². The molecule has 3 aliphatic rings. The van der Waals surface area contributed by atoms with Crippen molar-refractivity contribution in [3.63, 3.8) is 0 Å². The molecule has 9 heavy (non-hydrogen) atoms. The van der Waals surface area contributed by atoms with Crippen molar-refractivity contribution in [1.29, 1.82) is 0 Å². The number of rotatable bonds is 0.